The van der Waals surface area contributed by atoms with Gasteiger partial charge in [-0.1, -0.05) is 30.3 Å². The second kappa shape index (κ2) is 5.27. The summed E-state index contributed by atoms with van der Waals surface area (Å²) in [4.78, 5) is 0. The molecule has 1 atom stereocenters. The molecule has 0 spiro atoms. The van der Waals surface area contributed by atoms with Gasteiger partial charge in [-0.25, -0.2) is 14.2 Å². The first-order chi connectivity index (χ1) is 10.1. The molecule has 0 bridgehead atoms. The summed E-state index contributed by atoms with van der Waals surface area (Å²) >= 11 is 0. The molecule has 1 heterocycles. The van der Waals surface area contributed by atoms with Crippen molar-refractivity contribution in [3.05, 3.63) is 71.0 Å². The smallest absolute Gasteiger partial charge is 0.164 e. The van der Waals surface area contributed by atoms with E-state index in [1.54, 1.807) is 6.07 Å². The molecule has 0 aliphatic rings. The molecule has 108 valence electrons. The van der Waals surface area contributed by atoms with Crippen LogP contribution in [0.5, 0.6) is 0 Å². The highest BCUT2D eigenvalue weighted by molar-refractivity contribution is 5.81. The van der Waals surface area contributed by atoms with Crippen LogP contribution in [0.4, 0.5) is 8.78 Å². The molecule has 3 rings (SSSR count). The number of furan rings is 1. The summed E-state index contributed by atoms with van der Waals surface area (Å²) in [7, 11) is 0. The number of para-hydroxylation sites is 1. The van der Waals surface area contributed by atoms with Gasteiger partial charge in [0.25, 0.3) is 0 Å². The molecule has 3 aromatic rings. The number of hydrazine groups is 1. The van der Waals surface area contributed by atoms with Gasteiger partial charge >= 0.3 is 0 Å². The maximum atomic E-state index is 14.2. The summed E-state index contributed by atoms with van der Waals surface area (Å²) in [5.74, 6) is 3.80. The molecule has 21 heavy (non-hydrogen) atoms. The molecular formula is C16H14F2N2O. The third-order valence-corrected chi connectivity index (χ3v) is 3.60. The molecule has 3 nitrogen and oxygen atoms in total. The molecule has 0 radical (unpaired) electrons. The van der Waals surface area contributed by atoms with E-state index in [1.165, 1.54) is 25.3 Å². The molecule has 2 aromatic carbocycles. The Morgan fingerprint density at radius 2 is 1.81 bits per heavy atom. The van der Waals surface area contributed by atoms with E-state index < -0.39 is 17.7 Å². The van der Waals surface area contributed by atoms with Crippen molar-refractivity contribution in [3.8, 4) is 0 Å². The molecule has 3 N–H and O–H groups in total. The molecule has 1 unspecified atom stereocenters. The minimum Gasteiger partial charge on any atom is -0.464 e. The van der Waals surface area contributed by atoms with Crippen molar-refractivity contribution in [2.75, 3.05) is 0 Å². The van der Waals surface area contributed by atoms with Crippen molar-refractivity contribution < 1.29 is 13.2 Å². The van der Waals surface area contributed by atoms with Crippen molar-refractivity contribution in [2.45, 2.75) is 13.0 Å². The Morgan fingerprint density at radius 1 is 1.05 bits per heavy atom. The van der Waals surface area contributed by atoms with Gasteiger partial charge in [0.05, 0.1) is 12.3 Å². The van der Waals surface area contributed by atoms with Crippen molar-refractivity contribution >= 4 is 11.0 Å². The monoisotopic (exact) mass is 288 g/mol. The van der Waals surface area contributed by atoms with E-state index >= 15 is 0 Å². The number of benzene rings is 2. The normalized spacial score (nSPS) is 12.8. The highest BCUT2D eigenvalue weighted by Crippen LogP contribution is 2.32. The van der Waals surface area contributed by atoms with Gasteiger partial charge in [0.1, 0.15) is 5.58 Å². The number of aryl methyl sites for hydroxylation is 1. The Morgan fingerprint density at radius 3 is 2.57 bits per heavy atom. The van der Waals surface area contributed by atoms with Gasteiger partial charge in [-0.2, -0.15) is 0 Å². The van der Waals surface area contributed by atoms with Gasteiger partial charge in [-0.3, -0.25) is 5.84 Å². The third-order valence-electron chi connectivity index (χ3n) is 3.60. The predicted molar refractivity (Wildman–Crippen MR) is 76.5 cm³/mol. The number of hydrogen-bond donors (Lipinski definition) is 2. The summed E-state index contributed by atoms with van der Waals surface area (Å²) in [6.07, 6.45) is 1.51. The largest absolute Gasteiger partial charge is 0.464 e. The number of fused-ring (bicyclic) bond motifs is 1. The Bertz CT molecular complexity index is 798. The SMILES string of the molecule is Cc1ccc(C(NN)c2coc3ccccc23)c(F)c1F. The fourth-order valence-corrected chi connectivity index (χ4v) is 2.45. The zero-order valence-corrected chi connectivity index (χ0v) is 11.4. The molecule has 0 amide bonds. The van der Waals surface area contributed by atoms with Crippen LogP contribution < -0.4 is 11.3 Å². The Hall–Kier alpha value is -2.24. The fraction of sp³-hybridized carbons (Fsp3) is 0.125. The zero-order chi connectivity index (χ0) is 15.0. The molecular weight excluding hydrogens is 274 g/mol. The van der Waals surface area contributed by atoms with Crippen LogP contribution >= 0.6 is 0 Å². The average Bonchev–Trinajstić information content (AvgIpc) is 2.92. The first-order valence-corrected chi connectivity index (χ1v) is 6.50. The molecule has 5 heteroatoms. The number of nitrogens with one attached hydrogen (secondary N) is 1. The van der Waals surface area contributed by atoms with E-state index in [4.69, 9.17) is 10.3 Å². The van der Waals surface area contributed by atoms with Crippen molar-refractivity contribution in [1.82, 2.24) is 5.43 Å². The number of halogens is 2. The Balaban J connectivity index is 2.17. The van der Waals surface area contributed by atoms with Crippen LogP contribution in [0, 0.1) is 18.6 Å². The van der Waals surface area contributed by atoms with Crippen LogP contribution in [0.15, 0.2) is 47.1 Å². The van der Waals surface area contributed by atoms with Crippen molar-refractivity contribution in [3.63, 3.8) is 0 Å². The van der Waals surface area contributed by atoms with E-state index in [9.17, 15) is 8.78 Å². The van der Waals surface area contributed by atoms with Gasteiger partial charge < -0.3 is 4.42 Å². The third kappa shape index (κ3) is 2.20. The standard InChI is InChI=1S/C16H14F2N2O/c1-9-6-7-11(15(18)14(9)17)16(20-19)12-8-21-13-5-3-2-4-10(12)13/h2-8,16,20H,19H2,1H3. The van der Waals surface area contributed by atoms with Crippen molar-refractivity contribution in [2.24, 2.45) is 5.84 Å². The van der Waals surface area contributed by atoms with Gasteiger partial charge in [0, 0.05) is 16.5 Å². The van der Waals surface area contributed by atoms with Crippen LogP contribution in [0.2, 0.25) is 0 Å². The average molecular weight is 288 g/mol. The van der Waals surface area contributed by atoms with Gasteiger partial charge in [0.15, 0.2) is 11.6 Å². The topological polar surface area (TPSA) is 51.2 Å². The Kier molecular flexibility index (Phi) is 3.45. The molecule has 0 aliphatic carbocycles. The van der Waals surface area contributed by atoms with Crippen LogP contribution in [0.1, 0.15) is 22.7 Å². The molecule has 0 saturated carbocycles. The second-order valence-electron chi connectivity index (χ2n) is 4.89. The molecule has 0 saturated heterocycles. The van der Waals surface area contributed by atoms with Gasteiger partial charge in [0.2, 0.25) is 0 Å². The second-order valence-corrected chi connectivity index (χ2v) is 4.89. The minimum atomic E-state index is -0.900. The summed E-state index contributed by atoms with van der Waals surface area (Å²) < 4.78 is 33.4. The summed E-state index contributed by atoms with van der Waals surface area (Å²) in [6, 6.07) is 9.71. The maximum Gasteiger partial charge on any atom is 0.164 e. The number of rotatable bonds is 3. The van der Waals surface area contributed by atoms with Crippen LogP contribution in [0.3, 0.4) is 0 Å². The zero-order valence-electron chi connectivity index (χ0n) is 11.4. The number of nitrogens with two attached hydrogens (primary N) is 1. The lowest BCUT2D eigenvalue weighted by molar-refractivity contribution is 0.477. The maximum absolute atomic E-state index is 14.2. The summed E-state index contributed by atoms with van der Waals surface area (Å²) in [5.41, 5.74) is 4.26. The van der Waals surface area contributed by atoms with E-state index in [0.717, 1.165) is 5.39 Å². The van der Waals surface area contributed by atoms with E-state index in [2.05, 4.69) is 5.43 Å². The molecule has 1 aromatic heterocycles. The highest BCUT2D eigenvalue weighted by atomic mass is 19.2. The molecule has 0 fully saturated rings. The lowest BCUT2D eigenvalue weighted by Gasteiger charge is -2.17. The lowest BCUT2D eigenvalue weighted by Crippen LogP contribution is -2.29. The minimum absolute atomic E-state index is 0.146. The fourth-order valence-electron chi connectivity index (χ4n) is 2.45. The van der Waals surface area contributed by atoms with Crippen LogP contribution in [-0.4, -0.2) is 0 Å². The van der Waals surface area contributed by atoms with E-state index in [1.807, 2.05) is 18.2 Å². The van der Waals surface area contributed by atoms with Gasteiger partial charge in [-0.15, -0.1) is 0 Å². The lowest BCUT2D eigenvalue weighted by atomic mass is 9.97. The summed E-state index contributed by atoms with van der Waals surface area (Å²) in [5, 5.41) is 0.806. The summed E-state index contributed by atoms with van der Waals surface area (Å²) in [6.45, 7) is 1.51. The quantitative estimate of drug-likeness (QED) is 0.572. The van der Waals surface area contributed by atoms with Crippen LogP contribution in [0.25, 0.3) is 11.0 Å². The first-order valence-electron chi connectivity index (χ1n) is 6.50. The first kappa shape index (κ1) is 13.7. The Labute approximate surface area is 120 Å². The predicted octanol–water partition coefficient (Wildman–Crippen LogP) is 3.57. The number of hydrogen-bond acceptors (Lipinski definition) is 3. The highest BCUT2D eigenvalue weighted by Gasteiger charge is 2.23. The van der Waals surface area contributed by atoms with E-state index in [0.29, 0.717) is 11.1 Å². The van der Waals surface area contributed by atoms with Crippen LogP contribution in [-0.2, 0) is 0 Å². The molecule has 0 aliphatic heterocycles. The van der Waals surface area contributed by atoms with Crippen molar-refractivity contribution in [1.29, 1.82) is 0 Å². The van der Waals surface area contributed by atoms with Gasteiger partial charge in [-0.05, 0) is 18.6 Å². The van der Waals surface area contributed by atoms with E-state index in [-0.39, 0.29) is 11.1 Å².